The van der Waals surface area contributed by atoms with Crippen LogP contribution in [0, 0.1) is 6.92 Å². The number of methoxy groups -OCH3 is 1. The molecule has 0 spiro atoms. The Kier molecular flexibility index (Phi) is 2.72. The molecule has 0 fully saturated rings. The molecule has 16 heavy (non-hydrogen) atoms. The molecule has 2 rings (SSSR count). The number of rotatable bonds is 3. The van der Waals surface area contributed by atoms with Crippen LogP contribution >= 0.6 is 0 Å². The quantitative estimate of drug-likeness (QED) is 0.791. The normalized spacial score (nSPS) is 10.1. The van der Waals surface area contributed by atoms with Gasteiger partial charge in [-0.2, -0.15) is 4.98 Å². The first-order valence-electron chi connectivity index (χ1n) is 4.85. The Balaban J connectivity index is 2.50. The van der Waals surface area contributed by atoms with Crippen LogP contribution in [0.5, 0.6) is 5.75 Å². The summed E-state index contributed by atoms with van der Waals surface area (Å²) in [5, 5.41) is 3.86. The number of benzene rings is 1. The molecule has 0 saturated carbocycles. The molecule has 0 saturated heterocycles. The highest BCUT2D eigenvalue weighted by Crippen LogP contribution is 2.28. The highest BCUT2D eigenvalue weighted by Gasteiger charge is 2.11. The average molecular weight is 216 g/mol. The number of hydrogen-bond acceptors (Lipinski definition) is 4. The van der Waals surface area contributed by atoms with E-state index in [9.17, 15) is 0 Å². The molecule has 0 atom stereocenters. The maximum absolute atomic E-state index is 5.28. The Morgan fingerprint density at radius 2 is 2.25 bits per heavy atom. The lowest BCUT2D eigenvalue weighted by atomic mass is 10.1. The van der Waals surface area contributed by atoms with Crippen molar-refractivity contribution in [2.75, 3.05) is 7.11 Å². The second-order valence-corrected chi connectivity index (χ2v) is 3.36. The van der Waals surface area contributed by atoms with E-state index in [-0.39, 0.29) is 0 Å². The van der Waals surface area contributed by atoms with Gasteiger partial charge in [-0.3, -0.25) is 0 Å². The Labute approximate surface area is 93.6 Å². The van der Waals surface area contributed by atoms with E-state index in [0.717, 1.165) is 16.9 Å². The summed E-state index contributed by atoms with van der Waals surface area (Å²) in [6.07, 6.45) is 1.51. The molecular weight excluding hydrogens is 204 g/mol. The van der Waals surface area contributed by atoms with Crippen LogP contribution in [0.15, 0.2) is 29.3 Å². The fourth-order valence-electron chi connectivity index (χ4n) is 1.41. The van der Waals surface area contributed by atoms with Crippen LogP contribution in [-0.4, -0.2) is 17.3 Å². The third kappa shape index (κ3) is 1.82. The first-order valence-corrected chi connectivity index (χ1v) is 4.85. The van der Waals surface area contributed by atoms with Crippen molar-refractivity contribution >= 4 is 6.08 Å². The number of nitrogens with zero attached hydrogens (tertiary/aromatic N) is 2. The van der Waals surface area contributed by atoms with Crippen LogP contribution in [0.25, 0.3) is 17.5 Å². The Bertz CT molecular complexity index is 517. The minimum atomic E-state index is 0.401. The predicted molar refractivity (Wildman–Crippen MR) is 61.1 cm³/mol. The van der Waals surface area contributed by atoms with Crippen LogP contribution in [0.4, 0.5) is 0 Å². The molecule has 1 aromatic heterocycles. The van der Waals surface area contributed by atoms with Gasteiger partial charge in [0.1, 0.15) is 5.75 Å². The van der Waals surface area contributed by atoms with Gasteiger partial charge in [-0.05, 0) is 30.7 Å². The zero-order chi connectivity index (χ0) is 11.5. The molecule has 4 nitrogen and oxygen atoms in total. The van der Waals surface area contributed by atoms with Crippen molar-refractivity contribution in [3.05, 3.63) is 36.2 Å². The minimum Gasteiger partial charge on any atom is -0.496 e. The summed E-state index contributed by atoms with van der Waals surface area (Å²) < 4.78 is 10.2. The van der Waals surface area contributed by atoms with E-state index < -0.39 is 0 Å². The van der Waals surface area contributed by atoms with Crippen LogP contribution in [0.1, 0.15) is 11.5 Å². The van der Waals surface area contributed by atoms with Crippen molar-refractivity contribution in [1.29, 1.82) is 0 Å². The monoisotopic (exact) mass is 216 g/mol. The van der Waals surface area contributed by atoms with Crippen molar-refractivity contribution in [2.24, 2.45) is 0 Å². The molecule has 0 radical (unpaired) electrons. The molecular formula is C12H12N2O2. The van der Waals surface area contributed by atoms with Gasteiger partial charge in [0.2, 0.25) is 11.7 Å². The molecule has 0 aliphatic carbocycles. The van der Waals surface area contributed by atoms with Crippen LogP contribution < -0.4 is 4.74 Å². The predicted octanol–water partition coefficient (Wildman–Crippen LogP) is 2.70. The summed E-state index contributed by atoms with van der Waals surface area (Å²) in [5.41, 5.74) is 1.93. The van der Waals surface area contributed by atoms with Gasteiger partial charge < -0.3 is 9.26 Å². The van der Waals surface area contributed by atoms with Crippen molar-refractivity contribution in [1.82, 2.24) is 10.1 Å². The fraction of sp³-hybridized carbons (Fsp3) is 0.167. The number of aryl methyl sites for hydroxylation is 1. The van der Waals surface area contributed by atoms with E-state index in [1.54, 1.807) is 7.11 Å². The summed E-state index contributed by atoms with van der Waals surface area (Å²) in [4.78, 5) is 4.16. The SMILES string of the molecule is C=Cc1nc(-c2ccc(C)cc2OC)no1. The third-order valence-corrected chi connectivity index (χ3v) is 2.21. The first kappa shape index (κ1) is 10.4. The second-order valence-electron chi connectivity index (χ2n) is 3.36. The summed E-state index contributed by atoms with van der Waals surface area (Å²) >= 11 is 0. The largest absolute Gasteiger partial charge is 0.496 e. The summed E-state index contributed by atoms with van der Waals surface area (Å²) in [5.74, 6) is 1.64. The van der Waals surface area contributed by atoms with Crippen molar-refractivity contribution in [3.8, 4) is 17.1 Å². The maximum Gasteiger partial charge on any atom is 0.250 e. The Hall–Kier alpha value is -2.10. The molecule has 0 unspecified atom stereocenters. The molecule has 2 aromatic rings. The second kappa shape index (κ2) is 4.18. The van der Waals surface area contributed by atoms with Gasteiger partial charge in [0.15, 0.2) is 0 Å². The molecule has 4 heteroatoms. The van der Waals surface area contributed by atoms with Gasteiger partial charge >= 0.3 is 0 Å². The van der Waals surface area contributed by atoms with Crippen LogP contribution in [0.3, 0.4) is 0 Å². The first-order chi connectivity index (χ1) is 7.74. The van der Waals surface area contributed by atoms with Crippen molar-refractivity contribution in [2.45, 2.75) is 6.92 Å². The number of ether oxygens (including phenoxy) is 1. The maximum atomic E-state index is 5.28. The third-order valence-electron chi connectivity index (χ3n) is 2.21. The van der Waals surface area contributed by atoms with Gasteiger partial charge in [0.05, 0.1) is 12.7 Å². The molecule has 1 aromatic carbocycles. The standard InChI is InChI=1S/C12H12N2O2/c1-4-11-13-12(14-16-11)9-6-5-8(2)7-10(9)15-3/h4-7H,1H2,2-3H3. The topological polar surface area (TPSA) is 48.2 Å². The lowest BCUT2D eigenvalue weighted by molar-refractivity contribution is 0.406. The van der Waals surface area contributed by atoms with Crippen LogP contribution in [0.2, 0.25) is 0 Å². The van der Waals surface area contributed by atoms with E-state index >= 15 is 0 Å². The number of hydrogen-bond donors (Lipinski definition) is 0. The molecule has 0 N–H and O–H groups in total. The lowest BCUT2D eigenvalue weighted by Gasteiger charge is -2.05. The highest BCUT2D eigenvalue weighted by molar-refractivity contribution is 5.64. The van der Waals surface area contributed by atoms with Crippen molar-refractivity contribution < 1.29 is 9.26 Å². The fourth-order valence-corrected chi connectivity index (χ4v) is 1.41. The smallest absolute Gasteiger partial charge is 0.250 e. The Morgan fingerprint density at radius 3 is 2.88 bits per heavy atom. The van der Waals surface area contributed by atoms with E-state index in [1.165, 1.54) is 6.08 Å². The van der Waals surface area contributed by atoms with Gasteiger partial charge in [-0.25, -0.2) is 0 Å². The molecule has 0 aliphatic rings. The minimum absolute atomic E-state index is 0.401. The lowest BCUT2D eigenvalue weighted by Crippen LogP contribution is -1.90. The van der Waals surface area contributed by atoms with Crippen LogP contribution in [-0.2, 0) is 0 Å². The summed E-state index contributed by atoms with van der Waals surface area (Å²) in [6, 6.07) is 5.81. The van der Waals surface area contributed by atoms with Gasteiger partial charge in [0, 0.05) is 0 Å². The molecule has 0 aliphatic heterocycles. The average Bonchev–Trinajstić information content (AvgIpc) is 2.77. The highest BCUT2D eigenvalue weighted by atomic mass is 16.5. The number of aromatic nitrogens is 2. The molecule has 1 heterocycles. The molecule has 0 bridgehead atoms. The summed E-state index contributed by atoms with van der Waals surface area (Å²) in [7, 11) is 1.62. The molecule has 0 amide bonds. The zero-order valence-electron chi connectivity index (χ0n) is 9.23. The Morgan fingerprint density at radius 1 is 1.44 bits per heavy atom. The van der Waals surface area contributed by atoms with Gasteiger partial charge in [-0.15, -0.1) is 0 Å². The summed E-state index contributed by atoms with van der Waals surface area (Å²) in [6.45, 7) is 5.56. The van der Waals surface area contributed by atoms with E-state index in [0.29, 0.717) is 11.7 Å². The zero-order valence-corrected chi connectivity index (χ0v) is 9.23. The van der Waals surface area contributed by atoms with E-state index in [4.69, 9.17) is 9.26 Å². The van der Waals surface area contributed by atoms with Gasteiger partial charge in [0.25, 0.3) is 0 Å². The van der Waals surface area contributed by atoms with Crippen molar-refractivity contribution in [3.63, 3.8) is 0 Å². The molecule has 82 valence electrons. The van der Waals surface area contributed by atoms with E-state index in [2.05, 4.69) is 16.7 Å². The van der Waals surface area contributed by atoms with E-state index in [1.807, 2.05) is 25.1 Å². The van der Waals surface area contributed by atoms with Gasteiger partial charge in [-0.1, -0.05) is 17.8 Å².